The van der Waals surface area contributed by atoms with Crippen molar-refractivity contribution in [2.24, 2.45) is 0 Å². The van der Waals surface area contributed by atoms with Gasteiger partial charge < -0.3 is 20.8 Å². The molecule has 0 aliphatic heterocycles. The van der Waals surface area contributed by atoms with Crippen molar-refractivity contribution in [2.45, 2.75) is 33.2 Å². The summed E-state index contributed by atoms with van der Waals surface area (Å²) in [7, 11) is 0. The van der Waals surface area contributed by atoms with Crippen molar-refractivity contribution in [1.82, 2.24) is 10.6 Å². The SMILES string of the molecule is Cc1cc(O)c(O)cc1CCNC(=O)NC(C)C. The number of phenols is 2. The molecule has 5 heteroatoms. The van der Waals surface area contributed by atoms with Crippen molar-refractivity contribution in [1.29, 1.82) is 0 Å². The number of aromatic hydroxyl groups is 2. The molecular formula is C13H20N2O3. The van der Waals surface area contributed by atoms with Crippen molar-refractivity contribution in [3.63, 3.8) is 0 Å². The minimum absolute atomic E-state index is 0.101. The second-order valence-corrected chi connectivity index (χ2v) is 4.57. The summed E-state index contributed by atoms with van der Waals surface area (Å²) in [5.41, 5.74) is 1.78. The second-order valence-electron chi connectivity index (χ2n) is 4.57. The second kappa shape index (κ2) is 6.14. The monoisotopic (exact) mass is 252 g/mol. The lowest BCUT2D eigenvalue weighted by Gasteiger charge is -2.11. The number of nitrogens with one attached hydrogen (secondary N) is 2. The summed E-state index contributed by atoms with van der Waals surface area (Å²) < 4.78 is 0. The summed E-state index contributed by atoms with van der Waals surface area (Å²) in [5.74, 6) is -0.260. The van der Waals surface area contributed by atoms with E-state index < -0.39 is 0 Å². The highest BCUT2D eigenvalue weighted by molar-refractivity contribution is 5.74. The minimum atomic E-state index is -0.203. The van der Waals surface area contributed by atoms with Crippen LogP contribution in [0.15, 0.2) is 12.1 Å². The quantitative estimate of drug-likeness (QED) is 0.615. The Balaban J connectivity index is 2.49. The molecule has 0 radical (unpaired) electrons. The van der Waals surface area contributed by atoms with Crippen molar-refractivity contribution in [3.8, 4) is 11.5 Å². The Kier molecular flexibility index (Phi) is 4.83. The predicted octanol–water partition coefficient (Wildman–Crippen LogP) is 1.66. The van der Waals surface area contributed by atoms with E-state index in [0.717, 1.165) is 11.1 Å². The number of urea groups is 1. The van der Waals surface area contributed by atoms with Crippen molar-refractivity contribution in [2.75, 3.05) is 6.54 Å². The van der Waals surface area contributed by atoms with Crippen LogP contribution in [0.5, 0.6) is 11.5 Å². The Morgan fingerprint density at radius 2 is 1.89 bits per heavy atom. The van der Waals surface area contributed by atoms with Crippen molar-refractivity contribution < 1.29 is 15.0 Å². The molecule has 0 unspecified atom stereocenters. The zero-order valence-corrected chi connectivity index (χ0v) is 10.9. The number of benzene rings is 1. The van der Waals surface area contributed by atoms with Crippen molar-refractivity contribution >= 4 is 6.03 Å². The van der Waals surface area contributed by atoms with E-state index in [0.29, 0.717) is 13.0 Å². The molecule has 1 rings (SSSR count). The number of aryl methyl sites for hydroxylation is 1. The molecule has 0 bridgehead atoms. The summed E-state index contributed by atoms with van der Waals surface area (Å²) in [5, 5.41) is 24.2. The molecule has 0 spiro atoms. The third kappa shape index (κ3) is 4.16. The number of amides is 2. The third-order valence-corrected chi connectivity index (χ3v) is 2.53. The van der Waals surface area contributed by atoms with Crippen LogP contribution in [0.2, 0.25) is 0 Å². The van der Waals surface area contributed by atoms with Crippen LogP contribution >= 0.6 is 0 Å². The summed E-state index contributed by atoms with van der Waals surface area (Å²) in [4.78, 5) is 11.3. The standard InChI is InChI=1S/C13H20N2O3/c1-8(2)15-13(18)14-5-4-10-7-12(17)11(16)6-9(10)3/h6-8,16-17H,4-5H2,1-3H3,(H2,14,15,18). The molecule has 0 saturated heterocycles. The number of carbonyl (C=O) groups excluding carboxylic acids is 1. The Labute approximate surface area is 107 Å². The highest BCUT2D eigenvalue weighted by Crippen LogP contribution is 2.27. The fourth-order valence-electron chi connectivity index (χ4n) is 1.62. The van der Waals surface area contributed by atoms with Crippen LogP contribution in [0.3, 0.4) is 0 Å². The number of phenolic OH excluding ortho intramolecular Hbond substituents is 2. The first-order valence-electron chi connectivity index (χ1n) is 5.96. The Hall–Kier alpha value is -1.91. The maximum atomic E-state index is 11.3. The van der Waals surface area contributed by atoms with E-state index in [9.17, 15) is 15.0 Å². The Morgan fingerprint density at radius 1 is 1.28 bits per heavy atom. The van der Waals surface area contributed by atoms with Gasteiger partial charge in [0.05, 0.1) is 0 Å². The van der Waals surface area contributed by atoms with Gasteiger partial charge in [-0.05, 0) is 50.5 Å². The Bertz CT molecular complexity index is 430. The number of hydrogen-bond acceptors (Lipinski definition) is 3. The van der Waals surface area contributed by atoms with Gasteiger partial charge >= 0.3 is 6.03 Å². The fourth-order valence-corrected chi connectivity index (χ4v) is 1.62. The van der Waals surface area contributed by atoms with Gasteiger partial charge in [0.1, 0.15) is 0 Å². The van der Waals surface area contributed by atoms with Crippen LogP contribution in [0, 0.1) is 6.92 Å². The fraction of sp³-hybridized carbons (Fsp3) is 0.462. The Morgan fingerprint density at radius 3 is 2.50 bits per heavy atom. The molecule has 2 amide bonds. The van der Waals surface area contributed by atoms with Gasteiger partial charge in [-0.25, -0.2) is 4.79 Å². The molecule has 0 heterocycles. The summed E-state index contributed by atoms with van der Waals surface area (Å²) >= 11 is 0. The van der Waals surface area contributed by atoms with Crippen LogP contribution < -0.4 is 10.6 Å². The van der Waals surface area contributed by atoms with Gasteiger partial charge in [0, 0.05) is 12.6 Å². The first kappa shape index (κ1) is 14.2. The van der Waals surface area contributed by atoms with Gasteiger partial charge in [0.15, 0.2) is 11.5 Å². The first-order valence-corrected chi connectivity index (χ1v) is 5.96. The molecule has 1 aromatic rings. The predicted molar refractivity (Wildman–Crippen MR) is 69.9 cm³/mol. The zero-order valence-electron chi connectivity index (χ0n) is 10.9. The van der Waals surface area contributed by atoms with E-state index in [4.69, 9.17) is 0 Å². The lowest BCUT2D eigenvalue weighted by Crippen LogP contribution is -2.40. The van der Waals surface area contributed by atoms with Crippen LogP contribution in [0.1, 0.15) is 25.0 Å². The largest absolute Gasteiger partial charge is 0.504 e. The van der Waals surface area contributed by atoms with Gasteiger partial charge in [-0.15, -0.1) is 0 Å². The van der Waals surface area contributed by atoms with E-state index >= 15 is 0 Å². The summed E-state index contributed by atoms with van der Waals surface area (Å²) in [6.45, 7) is 6.11. The van der Waals surface area contributed by atoms with E-state index in [1.54, 1.807) is 0 Å². The van der Waals surface area contributed by atoms with Gasteiger partial charge in [-0.2, -0.15) is 0 Å². The zero-order chi connectivity index (χ0) is 13.7. The van der Waals surface area contributed by atoms with Crippen LogP contribution in [-0.4, -0.2) is 28.8 Å². The lowest BCUT2D eigenvalue weighted by molar-refractivity contribution is 0.238. The first-order chi connectivity index (χ1) is 8.40. The average molecular weight is 252 g/mol. The van der Waals surface area contributed by atoms with E-state index in [2.05, 4.69) is 10.6 Å². The summed E-state index contributed by atoms with van der Waals surface area (Å²) in [6, 6.07) is 2.93. The third-order valence-electron chi connectivity index (χ3n) is 2.53. The van der Waals surface area contributed by atoms with E-state index in [-0.39, 0.29) is 23.6 Å². The van der Waals surface area contributed by atoms with Gasteiger partial charge in [0.2, 0.25) is 0 Å². The molecule has 0 atom stereocenters. The van der Waals surface area contributed by atoms with E-state index in [1.807, 2.05) is 20.8 Å². The van der Waals surface area contributed by atoms with Crippen LogP contribution in [0.4, 0.5) is 4.79 Å². The van der Waals surface area contributed by atoms with Gasteiger partial charge in [0.25, 0.3) is 0 Å². The topological polar surface area (TPSA) is 81.6 Å². The summed E-state index contributed by atoms with van der Waals surface area (Å²) in [6.07, 6.45) is 0.602. The molecule has 0 saturated carbocycles. The van der Waals surface area contributed by atoms with Gasteiger partial charge in [-0.3, -0.25) is 0 Å². The average Bonchev–Trinajstić information content (AvgIpc) is 2.24. The van der Waals surface area contributed by atoms with Crippen LogP contribution in [0.25, 0.3) is 0 Å². The molecule has 100 valence electrons. The number of hydrogen-bond donors (Lipinski definition) is 4. The maximum Gasteiger partial charge on any atom is 0.314 e. The highest BCUT2D eigenvalue weighted by atomic mass is 16.3. The lowest BCUT2D eigenvalue weighted by atomic mass is 10.0. The molecule has 5 nitrogen and oxygen atoms in total. The van der Waals surface area contributed by atoms with Gasteiger partial charge in [-0.1, -0.05) is 0 Å². The molecule has 4 N–H and O–H groups in total. The molecule has 0 aliphatic rings. The molecule has 18 heavy (non-hydrogen) atoms. The number of rotatable bonds is 4. The molecule has 0 fully saturated rings. The van der Waals surface area contributed by atoms with Crippen LogP contribution in [-0.2, 0) is 6.42 Å². The normalized spacial score (nSPS) is 10.4. The highest BCUT2D eigenvalue weighted by Gasteiger charge is 2.06. The molecule has 0 aromatic heterocycles. The molecular weight excluding hydrogens is 232 g/mol. The smallest absolute Gasteiger partial charge is 0.314 e. The van der Waals surface area contributed by atoms with Crippen molar-refractivity contribution in [3.05, 3.63) is 23.3 Å². The van der Waals surface area contributed by atoms with E-state index in [1.165, 1.54) is 12.1 Å². The maximum absolute atomic E-state index is 11.3. The molecule has 0 aliphatic carbocycles. The number of carbonyl (C=O) groups is 1. The molecule has 1 aromatic carbocycles. The minimum Gasteiger partial charge on any atom is -0.504 e.